The van der Waals surface area contributed by atoms with Crippen molar-refractivity contribution in [1.82, 2.24) is 9.78 Å². The van der Waals surface area contributed by atoms with Crippen molar-refractivity contribution in [1.29, 1.82) is 0 Å². The average Bonchev–Trinajstić information content (AvgIpc) is 3.22. The minimum Gasteiger partial charge on any atom is -0.492 e. The van der Waals surface area contributed by atoms with Crippen molar-refractivity contribution < 1.29 is 14.3 Å². The molecule has 3 aromatic rings. The van der Waals surface area contributed by atoms with Crippen LogP contribution < -0.4 is 15.4 Å². The maximum atomic E-state index is 12.2. The normalized spacial score (nSPS) is 10.4. The summed E-state index contributed by atoms with van der Waals surface area (Å²) in [6.07, 6.45) is 3.59. The molecular weight excluding hydrogens is 468 g/mol. The summed E-state index contributed by atoms with van der Waals surface area (Å²) < 4.78 is 8.38. The molecule has 0 aliphatic carbocycles. The zero-order chi connectivity index (χ0) is 21.2. The molecule has 1 aromatic heterocycles. The zero-order valence-corrected chi connectivity index (χ0v) is 18.5. The molecule has 156 valence electrons. The molecule has 7 nitrogen and oxygen atoms in total. The molecule has 0 saturated carbocycles. The molecule has 0 spiro atoms. The van der Waals surface area contributed by atoms with Gasteiger partial charge in [-0.15, -0.1) is 11.8 Å². The number of hydrogen-bond donors (Lipinski definition) is 2. The van der Waals surface area contributed by atoms with E-state index in [0.29, 0.717) is 30.3 Å². The van der Waals surface area contributed by atoms with Crippen LogP contribution in [0.25, 0.3) is 0 Å². The van der Waals surface area contributed by atoms with Crippen LogP contribution in [-0.2, 0) is 16.1 Å². The van der Waals surface area contributed by atoms with E-state index in [9.17, 15) is 9.59 Å². The fourth-order valence-electron chi connectivity index (χ4n) is 2.55. The number of thioether (sulfide) groups is 1. The Hall–Kier alpha value is -2.78. The van der Waals surface area contributed by atoms with E-state index in [-0.39, 0.29) is 23.3 Å². The summed E-state index contributed by atoms with van der Waals surface area (Å²) in [7, 11) is 0. The highest BCUT2D eigenvalue weighted by molar-refractivity contribution is 9.10. The molecule has 30 heavy (non-hydrogen) atoms. The fraction of sp³-hybridized carbons (Fsp3) is 0.190. The number of halogens is 1. The van der Waals surface area contributed by atoms with E-state index in [1.807, 2.05) is 48.7 Å². The minimum atomic E-state index is -0.177. The van der Waals surface area contributed by atoms with Gasteiger partial charge in [-0.25, -0.2) is 0 Å². The predicted octanol–water partition coefficient (Wildman–Crippen LogP) is 4.04. The van der Waals surface area contributed by atoms with E-state index in [1.54, 1.807) is 23.0 Å². The third-order valence-corrected chi connectivity index (χ3v) is 5.27. The van der Waals surface area contributed by atoms with Crippen LogP contribution in [0.1, 0.15) is 0 Å². The van der Waals surface area contributed by atoms with Gasteiger partial charge in [-0.2, -0.15) is 5.10 Å². The summed E-state index contributed by atoms with van der Waals surface area (Å²) in [5.41, 5.74) is 1.36. The van der Waals surface area contributed by atoms with Crippen LogP contribution in [0.3, 0.4) is 0 Å². The molecule has 3 rings (SSSR count). The summed E-state index contributed by atoms with van der Waals surface area (Å²) in [6, 6.07) is 16.4. The highest BCUT2D eigenvalue weighted by Crippen LogP contribution is 2.18. The van der Waals surface area contributed by atoms with E-state index in [2.05, 4.69) is 31.7 Å². The molecule has 1 heterocycles. The van der Waals surface area contributed by atoms with Crippen LogP contribution in [0, 0.1) is 0 Å². The lowest BCUT2D eigenvalue weighted by Gasteiger charge is -2.09. The molecule has 2 amide bonds. The van der Waals surface area contributed by atoms with Crippen molar-refractivity contribution in [2.24, 2.45) is 0 Å². The second-order valence-corrected chi connectivity index (χ2v) is 8.15. The number of nitrogens with zero attached hydrogens (tertiary/aromatic N) is 2. The largest absolute Gasteiger partial charge is 0.492 e. The average molecular weight is 489 g/mol. The van der Waals surface area contributed by atoms with Crippen LogP contribution in [0.4, 0.5) is 11.4 Å². The standard InChI is InChI=1S/C21H21BrN4O3S/c22-16-4-1-5-17(12-16)24-20(27)14-30-15-21(28)25-18-6-2-7-19(13-18)29-11-10-26-9-3-8-23-26/h1-9,12-13H,10-11,14-15H2,(H,24,27)(H,25,28). The van der Waals surface area contributed by atoms with Crippen molar-refractivity contribution in [2.45, 2.75) is 6.54 Å². The van der Waals surface area contributed by atoms with Crippen LogP contribution in [-0.4, -0.2) is 39.7 Å². The molecule has 0 atom stereocenters. The van der Waals surface area contributed by atoms with Gasteiger partial charge in [0.2, 0.25) is 11.8 Å². The van der Waals surface area contributed by atoms with Crippen molar-refractivity contribution in [3.63, 3.8) is 0 Å². The number of carbonyl (C=O) groups is 2. The van der Waals surface area contributed by atoms with Gasteiger partial charge in [0.25, 0.3) is 0 Å². The smallest absolute Gasteiger partial charge is 0.234 e. The molecule has 0 aliphatic heterocycles. The van der Waals surface area contributed by atoms with Crippen molar-refractivity contribution in [3.05, 3.63) is 71.5 Å². The van der Waals surface area contributed by atoms with Crippen molar-refractivity contribution in [2.75, 3.05) is 28.7 Å². The summed E-state index contributed by atoms with van der Waals surface area (Å²) >= 11 is 4.61. The number of hydrogen-bond acceptors (Lipinski definition) is 5. The van der Waals surface area contributed by atoms with Crippen LogP contribution >= 0.6 is 27.7 Å². The van der Waals surface area contributed by atoms with Gasteiger partial charge in [0.05, 0.1) is 18.1 Å². The van der Waals surface area contributed by atoms with E-state index in [4.69, 9.17) is 4.74 Å². The van der Waals surface area contributed by atoms with Crippen LogP contribution in [0.15, 0.2) is 71.5 Å². The molecule has 0 aliphatic rings. The number of benzene rings is 2. The van der Waals surface area contributed by atoms with Crippen LogP contribution in [0.2, 0.25) is 0 Å². The number of ether oxygens (including phenoxy) is 1. The topological polar surface area (TPSA) is 85.2 Å². The molecule has 9 heteroatoms. The second kappa shape index (κ2) is 11.4. The van der Waals surface area contributed by atoms with Gasteiger partial charge in [-0.05, 0) is 36.4 Å². The van der Waals surface area contributed by atoms with E-state index in [0.717, 1.165) is 4.47 Å². The molecule has 0 unspecified atom stereocenters. The Bertz CT molecular complexity index is 982. The predicted molar refractivity (Wildman–Crippen MR) is 123 cm³/mol. The van der Waals surface area contributed by atoms with Gasteiger partial charge >= 0.3 is 0 Å². The summed E-state index contributed by atoms with van der Waals surface area (Å²) in [5.74, 6) is 0.704. The number of amides is 2. The zero-order valence-electron chi connectivity index (χ0n) is 16.1. The van der Waals surface area contributed by atoms with E-state index < -0.39 is 0 Å². The lowest BCUT2D eigenvalue weighted by molar-refractivity contribution is -0.114. The quantitative estimate of drug-likeness (QED) is 0.449. The Morgan fingerprint density at radius 1 is 1.00 bits per heavy atom. The molecule has 0 saturated heterocycles. The SMILES string of the molecule is O=C(CSCC(=O)Nc1cccc(OCCn2cccn2)c1)Nc1cccc(Br)c1. The van der Waals surface area contributed by atoms with Gasteiger partial charge in [-0.3, -0.25) is 14.3 Å². The first-order valence-corrected chi connectivity index (χ1v) is 11.2. The van der Waals surface area contributed by atoms with Gasteiger partial charge in [0.1, 0.15) is 12.4 Å². The summed E-state index contributed by atoms with van der Waals surface area (Å²) in [4.78, 5) is 24.1. The Labute approximate surface area is 187 Å². The monoisotopic (exact) mass is 488 g/mol. The first-order chi connectivity index (χ1) is 14.6. The highest BCUT2D eigenvalue weighted by Gasteiger charge is 2.07. The molecule has 2 aromatic carbocycles. The maximum absolute atomic E-state index is 12.2. The van der Waals surface area contributed by atoms with Crippen LogP contribution in [0.5, 0.6) is 5.75 Å². The highest BCUT2D eigenvalue weighted by atomic mass is 79.9. The van der Waals surface area contributed by atoms with Gasteiger partial charge < -0.3 is 15.4 Å². The van der Waals surface area contributed by atoms with Gasteiger partial charge in [0, 0.05) is 34.3 Å². The maximum Gasteiger partial charge on any atom is 0.234 e. The Balaban J connectivity index is 1.37. The summed E-state index contributed by atoms with van der Waals surface area (Å²) in [5, 5.41) is 9.74. The fourth-order valence-corrected chi connectivity index (χ4v) is 3.57. The van der Waals surface area contributed by atoms with Crippen molar-refractivity contribution >= 4 is 50.9 Å². The Kier molecular flexibility index (Phi) is 8.34. The number of rotatable bonds is 10. The molecule has 0 radical (unpaired) electrons. The second-order valence-electron chi connectivity index (χ2n) is 6.24. The summed E-state index contributed by atoms with van der Waals surface area (Å²) in [6.45, 7) is 1.12. The van der Waals surface area contributed by atoms with Gasteiger partial charge in [-0.1, -0.05) is 28.1 Å². The third-order valence-electron chi connectivity index (χ3n) is 3.84. The number of anilines is 2. The Morgan fingerprint density at radius 2 is 1.70 bits per heavy atom. The first-order valence-electron chi connectivity index (χ1n) is 9.22. The Morgan fingerprint density at radius 3 is 2.37 bits per heavy atom. The first kappa shape index (κ1) is 21.9. The molecular formula is C21H21BrN4O3S. The molecule has 0 bridgehead atoms. The number of nitrogens with one attached hydrogen (secondary N) is 2. The van der Waals surface area contributed by atoms with E-state index >= 15 is 0 Å². The van der Waals surface area contributed by atoms with E-state index in [1.165, 1.54) is 11.8 Å². The number of carbonyl (C=O) groups excluding carboxylic acids is 2. The van der Waals surface area contributed by atoms with Crippen molar-refractivity contribution in [3.8, 4) is 5.75 Å². The molecule has 0 fully saturated rings. The third kappa shape index (κ3) is 7.57. The lowest BCUT2D eigenvalue weighted by atomic mass is 10.3. The lowest BCUT2D eigenvalue weighted by Crippen LogP contribution is -2.18. The molecule has 2 N–H and O–H groups in total. The van der Waals surface area contributed by atoms with Gasteiger partial charge in [0.15, 0.2) is 0 Å². The number of aromatic nitrogens is 2. The minimum absolute atomic E-state index is 0.154.